The van der Waals surface area contributed by atoms with Crippen LogP contribution in [0, 0.1) is 0 Å². The highest BCUT2D eigenvalue weighted by Crippen LogP contribution is 2.59. The molecule has 1 aliphatic carbocycles. The topological polar surface area (TPSA) is 59.0 Å². The standard InChI is InChI=1S/C20H27NO4/c1-12-11-13-5-6-15(24-4)17-16(13)20(9-10-21(12)3)18(25-17)14(22)7-8-19(20,2)23/h5-6,12,18,23H,7-11H2,1-4H3/t12?,18-,19-,20-/m0/s1. The van der Waals surface area contributed by atoms with Crippen LogP contribution in [0.4, 0.5) is 0 Å². The molecule has 0 saturated heterocycles. The van der Waals surface area contributed by atoms with E-state index < -0.39 is 17.1 Å². The van der Waals surface area contributed by atoms with Crippen LogP contribution in [-0.2, 0) is 16.6 Å². The molecule has 1 aromatic rings. The number of Topliss-reactive ketones (excluding diaryl/α,β-unsaturated/α-hetero) is 1. The van der Waals surface area contributed by atoms with Gasteiger partial charge in [-0.05, 0) is 58.3 Å². The van der Waals surface area contributed by atoms with Crippen LogP contribution in [0.3, 0.4) is 0 Å². The fraction of sp³-hybridized carbons (Fsp3) is 0.650. The van der Waals surface area contributed by atoms with Crippen molar-refractivity contribution in [3.05, 3.63) is 23.3 Å². The predicted octanol–water partition coefficient (Wildman–Crippen LogP) is 2.07. The lowest BCUT2D eigenvalue weighted by Gasteiger charge is -2.50. The maximum atomic E-state index is 12.8. The molecule has 1 unspecified atom stereocenters. The molecular formula is C20H27NO4. The number of likely N-dealkylation sites (N-methyl/N-ethyl adjacent to an activating group) is 1. The number of carbonyl (C=O) groups is 1. The second-order valence-electron chi connectivity index (χ2n) is 8.12. The fourth-order valence-electron chi connectivity index (χ4n) is 5.08. The van der Waals surface area contributed by atoms with Gasteiger partial charge in [0.15, 0.2) is 23.4 Å². The summed E-state index contributed by atoms with van der Waals surface area (Å²) in [6.07, 6.45) is 1.77. The molecule has 1 N–H and O–H groups in total. The van der Waals surface area contributed by atoms with Gasteiger partial charge in [-0.25, -0.2) is 0 Å². The number of hydrogen-bond acceptors (Lipinski definition) is 5. The average Bonchev–Trinajstić information content (AvgIpc) is 2.94. The van der Waals surface area contributed by atoms with Crippen molar-refractivity contribution in [3.63, 3.8) is 0 Å². The summed E-state index contributed by atoms with van der Waals surface area (Å²) in [6, 6.07) is 4.39. The molecule has 0 bridgehead atoms. The number of benzene rings is 1. The smallest absolute Gasteiger partial charge is 0.174 e. The number of nitrogens with zero attached hydrogens (tertiary/aromatic N) is 1. The molecule has 25 heavy (non-hydrogen) atoms. The molecule has 4 rings (SSSR count). The molecule has 0 amide bonds. The summed E-state index contributed by atoms with van der Waals surface area (Å²) in [5.41, 5.74) is 0.483. The third-order valence-corrected chi connectivity index (χ3v) is 6.80. The van der Waals surface area contributed by atoms with Gasteiger partial charge in [0.2, 0.25) is 0 Å². The first-order valence-electron chi connectivity index (χ1n) is 9.14. The molecule has 2 heterocycles. The third kappa shape index (κ3) is 2.12. The Bertz CT molecular complexity index is 729. The minimum atomic E-state index is -0.987. The fourth-order valence-corrected chi connectivity index (χ4v) is 5.08. The molecule has 1 saturated carbocycles. The molecule has 5 nitrogen and oxygen atoms in total. The average molecular weight is 345 g/mol. The van der Waals surface area contributed by atoms with E-state index in [0.29, 0.717) is 36.8 Å². The zero-order valence-corrected chi connectivity index (χ0v) is 15.5. The zero-order valence-electron chi connectivity index (χ0n) is 15.5. The lowest BCUT2D eigenvalue weighted by molar-refractivity contribution is -0.148. The van der Waals surface area contributed by atoms with Gasteiger partial charge in [-0.2, -0.15) is 0 Å². The Hall–Kier alpha value is -1.59. The molecule has 3 aliphatic rings. The zero-order chi connectivity index (χ0) is 18.0. The Morgan fingerprint density at radius 2 is 2.12 bits per heavy atom. The first kappa shape index (κ1) is 16.9. The van der Waals surface area contributed by atoms with Gasteiger partial charge in [-0.3, -0.25) is 4.79 Å². The van der Waals surface area contributed by atoms with Crippen molar-refractivity contribution in [2.24, 2.45) is 0 Å². The minimum absolute atomic E-state index is 0.0898. The monoisotopic (exact) mass is 345 g/mol. The number of ketones is 1. The molecule has 4 atom stereocenters. The van der Waals surface area contributed by atoms with Crippen LogP contribution < -0.4 is 9.47 Å². The number of carbonyl (C=O) groups excluding carboxylic acids is 1. The highest BCUT2D eigenvalue weighted by atomic mass is 16.5. The van der Waals surface area contributed by atoms with Gasteiger partial charge in [0.05, 0.1) is 18.1 Å². The highest BCUT2D eigenvalue weighted by molar-refractivity contribution is 5.89. The van der Waals surface area contributed by atoms with Crippen molar-refractivity contribution >= 4 is 5.78 Å². The Morgan fingerprint density at radius 1 is 1.36 bits per heavy atom. The largest absolute Gasteiger partial charge is 0.493 e. The quantitative estimate of drug-likeness (QED) is 0.844. The summed E-state index contributed by atoms with van der Waals surface area (Å²) < 4.78 is 11.8. The van der Waals surface area contributed by atoms with E-state index in [9.17, 15) is 9.90 Å². The lowest BCUT2D eigenvalue weighted by Crippen LogP contribution is -2.63. The molecule has 0 radical (unpaired) electrons. The van der Waals surface area contributed by atoms with E-state index >= 15 is 0 Å². The highest BCUT2D eigenvalue weighted by Gasteiger charge is 2.65. The maximum absolute atomic E-state index is 12.8. The van der Waals surface area contributed by atoms with Crippen LogP contribution >= 0.6 is 0 Å². The Balaban J connectivity index is 2.02. The van der Waals surface area contributed by atoms with E-state index in [1.807, 2.05) is 13.0 Å². The van der Waals surface area contributed by atoms with Crippen LogP contribution in [0.25, 0.3) is 0 Å². The van der Waals surface area contributed by atoms with Gasteiger partial charge < -0.3 is 19.5 Å². The first-order valence-corrected chi connectivity index (χ1v) is 9.14. The second kappa shape index (κ2) is 5.45. The summed E-state index contributed by atoms with van der Waals surface area (Å²) in [7, 11) is 3.73. The molecule has 1 spiro atoms. The van der Waals surface area contributed by atoms with E-state index in [2.05, 4.69) is 24.9 Å². The number of aliphatic hydroxyl groups is 1. The number of methoxy groups -OCH3 is 1. The molecule has 2 aliphatic heterocycles. The van der Waals surface area contributed by atoms with Gasteiger partial charge in [-0.15, -0.1) is 0 Å². The summed E-state index contributed by atoms with van der Waals surface area (Å²) in [5, 5.41) is 11.5. The second-order valence-corrected chi connectivity index (χ2v) is 8.12. The van der Waals surface area contributed by atoms with Gasteiger partial charge >= 0.3 is 0 Å². The summed E-state index contributed by atoms with van der Waals surface area (Å²) in [4.78, 5) is 15.1. The Labute approximate surface area is 148 Å². The van der Waals surface area contributed by atoms with Crippen LogP contribution in [0.2, 0.25) is 0 Å². The van der Waals surface area contributed by atoms with Crippen LogP contribution in [-0.4, -0.2) is 54.2 Å². The van der Waals surface area contributed by atoms with Gasteiger partial charge in [0, 0.05) is 18.0 Å². The van der Waals surface area contributed by atoms with Crippen LogP contribution in [0.15, 0.2) is 12.1 Å². The van der Waals surface area contributed by atoms with E-state index in [1.54, 1.807) is 7.11 Å². The SMILES string of the molecule is COc1ccc2c3c1O[C@H]1C(=O)CC[C@](C)(O)[C@@]31CCN(C)C(C)C2. The molecule has 1 aromatic carbocycles. The Kier molecular flexibility index (Phi) is 3.68. The molecule has 1 fully saturated rings. The van der Waals surface area contributed by atoms with E-state index in [-0.39, 0.29) is 5.78 Å². The van der Waals surface area contributed by atoms with Crippen molar-refractivity contribution < 1.29 is 19.4 Å². The summed E-state index contributed by atoms with van der Waals surface area (Å²) in [5.74, 6) is 1.40. The van der Waals surface area contributed by atoms with E-state index in [1.165, 1.54) is 0 Å². The molecule has 5 heteroatoms. The van der Waals surface area contributed by atoms with E-state index in [4.69, 9.17) is 9.47 Å². The van der Waals surface area contributed by atoms with Crippen molar-refractivity contribution in [3.8, 4) is 11.5 Å². The van der Waals surface area contributed by atoms with Crippen molar-refractivity contribution in [2.75, 3.05) is 20.7 Å². The number of rotatable bonds is 1. The number of hydrogen-bond donors (Lipinski definition) is 1. The van der Waals surface area contributed by atoms with Gasteiger partial charge in [0.1, 0.15) is 0 Å². The van der Waals surface area contributed by atoms with Crippen LogP contribution in [0.5, 0.6) is 11.5 Å². The minimum Gasteiger partial charge on any atom is -0.493 e. The third-order valence-electron chi connectivity index (χ3n) is 6.80. The molecular weight excluding hydrogens is 318 g/mol. The molecule has 136 valence electrons. The van der Waals surface area contributed by atoms with Crippen molar-refractivity contribution in [1.82, 2.24) is 4.90 Å². The first-order chi connectivity index (χ1) is 11.8. The number of ether oxygens (including phenoxy) is 2. The predicted molar refractivity (Wildman–Crippen MR) is 94.4 cm³/mol. The van der Waals surface area contributed by atoms with E-state index in [0.717, 1.165) is 24.1 Å². The summed E-state index contributed by atoms with van der Waals surface area (Å²) >= 11 is 0. The normalized spacial score (nSPS) is 37.6. The maximum Gasteiger partial charge on any atom is 0.174 e. The van der Waals surface area contributed by atoms with Gasteiger partial charge in [-0.1, -0.05) is 6.07 Å². The Morgan fingerprint density at radius 3 is 2.84 bits per heavy atom. The van der Waals surface area contributed by atoms with Crippen LogP contribution in [0.1, 0.15) is 44.2 Å². The summed E-state index contributed by atoms with van der Waals surface area (Å²) in [6.45, 7) is 4.91. The molecule has 0 aromatic heterocycles. The van der Waals surface area contributed by atoms with Crippen molar-refractivity contribution in [2.45, 2.75) is 62.7 Å². The van der Waals surface area contributed by atoms with Crippen molar-refractivity contribution in [1.29, 1.82) is 0 Å². The lowest BCUT2D eigenvalue weighted by atomic mass is 9.56. The van der Waals surface area contributed by atoms with Gasteiger partial charge in [0.25, 0.3) is 0 Å².